The minimum atomic E-state index is -0.422. The van der Waals surface area contributed by atoms with Crippen LogP contribution in [0, 0.1) is 0 Å². The van der Waals surface area contributed by atoms with E-state index in [2.05, 4.69) is 20.8 Å². The van der Waals surface area contributed by atoms with Gasteiger partial charge in [-0.1, -0.05) is 36.4 Å². The topological polar surface area (TPSA) is 93.2 Å². The highest BCUT2D eigenvalue weighted by Gasteiger charge is 2.13. The smallest absolute Gasteiger partial charge is 0.337 e. The number of hydrogen-bond acceptors (Lipinski definition) is 6. The van der Waals surface area contributed by atoms with Crippen molar-refractivity contribution >= 4 is 23.4 Å². The average molecular weight is 376 g/mol. The van der Waals surface area contributed by atoms with Gasteiger partial charge in [-0.3, -0.25) is 4.79 Å². The monoisotopic (exact) mass is 376 g/mol. The summed E-state index contributed by atoms with van der Waals surface area (Å²) in [5, 5.41) is 13.9. The molecule has 1 aromatic heterocycles. The molecule has 0 radical (unpaired) electrons. The number of carbonyl (C=O) groups is 2. The summed E-state index contributed by atoms with van der Waals surface area (Å²) in [7, 11) is 1.33. The second-order valence-electron chi connectivity index (χ2n) is 6.11. The number of rotatable bonds is 6. The molecule has 1 heterocycles. The van der Waals surface area contributed by atoms with Crippen LogP contribution in [0.4, 0.5) is 11.5 Å². The Morgan fingerprint density at radius 2 is 1.75 bits per heavy atom. The zero-order valence-electron chi connectivity index (χ0n) is 15.5. The van der Waals surface area contributed by atoms with E-state index in [1.165, 1.54) is 7.11 Å². The van der Waals surface area contributed by atoms with Gasteiger partial charge < -0.3 is 15.4 Å². The van der Waals surface area contributed by atoms with Crippen LogP contribution in [0.5, 0.6) is 0 Å². The van der Waals surface area contributed by atoms with Crippen molar-refractivity contribution in [3.8, 4) is 0 Å². The zero-order chi connectivity index (χ0) is 19.9. The molecule has 0 saturated carbocycles. The van der Waals surface area contributed by atoms with Crippen LogP contribution in [0.3, 0.4) is 0 Å². The van der Waals surface area contributed by atoms with E-state index >= 15 is 0 Å². The Hall–Kier alpha value is -3.74. The van der Waals surface area contributed by atoms with Gasteiger partial charge in [-0.05, 0) is 42.8 Å². The third-order valence-electron chi connectivity index (χ3n) is 4.10. The number of aromatic nitrogens is 2. The number of amides is 1. The zero-order valence-corrected chi connectivity index (χ0v) is 15.5. The Kier molecular flexibility index (Phi) is 5.96. The number of esters is 1. The fourth-order valence-corrected chi connectivity index (χ4v) is 2.61. The van der Waals surface area contributed by atoms with Gasteiger partial charge in [0.15, 0.2) is 11.5 Å². The number of nitrogens with one attached hydrogen (secondary N) is 2. The molecule has 28 heavy (non-hydrogen) atoms. The Labute approximate surface area is 162 Å². The number of benzene rings is 2. The molecule has 7 nitrogen and oxygen atoms in total. The summed E-state index contributed by atoms with van der Waals surface area (Å²) < 4.78 is 4.71. The van der Waals surface area contributed by atoms with Crippen molar-refractivity contribution in [2.75, 3.05) is 12.4 Å². The molecule has 0 aliphatic carbocycles. The van der Waals surface area contributed by atoms with Gasteiger partial charge in [0.1, 0.15) is 0 Å². The molecule has 3 rings (SSSR count). The van der Waals surface area contributed by atoms with Gasteiger partial charge in [0, 0.05) is 5.69 Å². The van der Waals surface area contributed by atoms with Crippen LogP contribution in [0.2, 0.25) is 0 Å². The molecule has 1 amide bonds. The van der Waals surface area contributed by atoms with E-state index in [9.17, 15) is 9.59 Å². The summed E-state index contributed by atoms with van der Waals surface area (Å²) in [6.45, 7) is 1.91. The second-order valence-corrected chi connectivity index (χ2v) is 6.11. The highest BCUT2D eigenvalue weighted by molar-refractivity contribution is 5.92. The molecule has 1 unspecified atom stereocenters. The predicted octanol–water partition coefficient (Wildman–Crippen LogP) is 3.50. The van der Waals surface area contributed by atoms with E-state index in [0.717, 1.165) is 5.56 Å². The van der Waals surface area contributed by atoms with Gasteiger partial charge in [-0.2, -0.15) is 0 Å². The van der Waals surface area contributed by atoms with Crippen LogP contribution in [-0.4, -0.2) is 29.2 Å². The average Bonchev–Trinajstić information content (AvgIpc) is 2.74. The molecule has 0 aliphatic rings. The second kappa shape index (κ2) is 8.77. The van der Waals surface area contributed by atoms with E-state index < -0.39 is 5.97 Å². The number of anilines is 2. The van der Waals surface area contributed by atoms with Crippen molar-refractivity contribution in [1.29, 1.82) is 0 Å². The summed E-state index contributed by atoms with van der Waals surface area (Å²) in [5.41, 5.74) is 2.31. The van der Waals surface area contributed by atoms with Crippen molar-refractivity contribution in [2.24, 2.45) is 0 Å². The molecule has 1 atom stereocenters. The van der Waals surface area contributed by atoms with Crippen molar-refractivity contribution in [1.82, 2.24) is 15.5 Å². The minimum Gasteiger partial charge on any atom is -0.465 e. The molecule has 0 bridgehead atoms. The highest BCUT2D eigenvalue weighted by atomic mass is 16.5. The Bertz CT molecular complexity index is 959. The van der Waals surface area contributed by atoms with Gasteiger partial charge in [-0.25, -0.2) is 4.79 Å². The van der Waals surface area contributed by atoms with Gasteiger partial charge in [0.25, 0.3) is 5.91 Å². The quantitative estimate of drug-likeness (QED) is 0.640. The summed E-state index contributed by atoms with van der Waals surface area (Å²) in [4.78, 5) is 24.0. The van der Waals surface area contributed by atoms with Crippen LogP contribution in [0.25, 0.3) is 0 Å². The SMILES string of the molecule is COC(=O)c1cccc(Nc2ccc(C(=O)NC(C)c3ccccc3)nn2)c1. The molecule has 0 fully saturated rings. The fourth-order valence-electron chi connectivity index (χ4n) is 2.61. The maximum Gasteiger partial charge on any atom is 0.337 e. The van der Waals surface area contributed by atoms with E-state index in [4.69, 9.17) is 4.74 Å². The summed E-state index contributed by atoms with van der Waals surface area (Å²) in [6.07, 6.45) is 0. The van der Waals surface area contributed by atoms with Crippen molar-refractivity contribution in [3.63, 3.8) is 0 Å². The lowest BCUT2D eigenvalue weighted by Crippen LogP contribution is -2.27. The number of methoxy groups -OCH3 is 1. The predicted molar refractivity (Wildman–Crippen MR) is 105 cm³/mol. The molecule has 3 aromatic rings. The number of hydrogen-bond donors (Lipinski definition) is 2. The first-order valence-electron chi connectivity index (χ1n) is 8.72. The molecule has 2 aromatic carbocycles. The molecule has 142 valence electrons. The number of carbonyl (C=O) groups excluding carboxylic acids is 2. The third kappa shape index (κ3) is 4.70. The maximum atomic E-state index is 12.4. The number of nitrogens with zero attached hydrogens (tertiary/aromatic N) is 2. The number of ether oxygens (including phenoxy) is 1. The molecule has 0 aliphatic heterocycles. The van der Waals surface area contributed by atoms with E-state index in [1.807, 2.05) is 37.3 Å². The van der Waals surface area contributed by atoms with Gasteiger partial charge in [-0.15, -0.1) is 10.2 Å². The van der Waals surface area contributed by atoms with E-state index in [1.54, 1.807) is 36.4 Å². The fraction of sp³-hybridized carbons (Fsp3) is 0.143. The standard InChI is InChI=1S/C21H20N4O3/c1-14(15-7-4-3-5-8-15)22-20(26)18-11-12-19(25-24-18)23-17-10-6-9-16(13-17)21(27)28-2/h3-14H,1-2H3,(H,22,26)(H,23,25). The lowest BCUT2D eigenvalue weighted by atomic mass is 10.1. The highest BCUT2D eigenvalue weighted by Crippen LogP contribution is 2.17. The molecular weight excluding hydrogens is 356 g/mol. The van der Waals surface area contributed by atoms with Gasteiger partial charge in [0.2, 0.25) is 0 Å². The normalized spacial score (nSPS) is 11.4. The lowest BCUT2D eigenvalue weighted by Gasteiger charge is -2.13. The Morgan fingerprint density at radius 1 is 0.964 bits per heavy atom. The van der Waals surface area contributed by atoms with Crippen LogP contribution < -0.4 is 10.6 Å². The summed E-state index contributed by atoms with van der Waals surface area (Å²) in [5.74, 6) is -0.271. The summed E-state index contributed by atoms with van der Waals surface area (Å²) in [6, 6.07) is 19.6. The molecule has 7 heteroatoms. The van der Waals surface area contributed by atoms with E-state index in [-0.39, 0.29) is 17.6 Å². The molecule has 2 N–H and O–H groups in total. The first-order valence-corrected chi connectivity index (χ1v) is 8.72. The largest absolute Gasteiger partial charge is 0.465 e. The summed E-state index contributed by atoms with van der Waals surface area (Å²) >= 11 is 0. The molecular formula is C21H20N4O3. The Morgan fingerprint density at radius 3 is 2.43 bits per heavy atom. The van der Waals surface area contributed by atoms with Crippen molar-refractivity contribution in [3.05, 3.63) is 83.6 Å². The maximum absolute atomic E-state index is 12.4. The first kappa shape index (κ1) is 19.0. The van der Waals surface area contributed by atoms with Gasteiger partial charge >= 0.3 is 5.97 Å². The first-order chi connectivity index (χ1) is 13.6. The van der Waals surface area contributed by atoms with Crippen LogP contribution in [0.15, 0.2) is 66.7 Å². The molecule has 0 saturated heterocycles. The van der Waals surface area contributed by atoms with E-state index in [0.29, 0.717) is 17.1 Å². The van der Waals surface area contributed by atoms with Gasteiger partial charge in [0.05, 0.1) is 18.7 Å². The lowest BCUT2D eigenvalue weighted by molar-refractivity contribution is 0.0600. The van der Waals surface area contributed by atoms with Crippen LogP contribution in [0.1, 0.15) is 39.4 Å². The van der Waals surface area contributed by atoms with Crippen molar-refractivity contribution in [2.45, 2.75) is 13.0 Å². The Balaban J connectivity index is 1.65. The minimum absolute atomic E-state index is 0.144. The third-order valence-corrected chi connectivity index (χ3v) is 4.10. The van der Waals surface area contributed by atoms with Crippen LogP contribution in [-0.2, 0) is 4.74 Å². The van der Waals surface area contributed by atoms with Crippen molar-refractivity contribution < 1.29 is 14.3 Å². The molecule has 0 spiro atoms. The van der Waals surface area contributed by atoms with Crippen LogP contribution >= 0.6 is 0 Å².